The van der Waals surface area contributed by atoms with Crippen LogP contribution in [-0.2, 0) is 21.7 Å². The van der Waals surface area contributed by atoms with Gasteiger partial charge in [0.2, 0.25) is 0 Å². The van der Waals surface area contributed by atoms with Gasteiger partial charge < -0.3 is 26.8 Å². The molecule has 1 saturated carbocycles. The van der Waals surface area contributed by atoms with E-state index in [1.807, 2.05) is 0 Å². The third-order valence-corrected chi connectivity index (χ3v) is 9.94. The van der Waals surface area contributed by atoms with Crippen LogP contribution in [0.3, 0.4) is 0 Å². The normalized spacial score (nSPS) is 28.9. The van der Waals surface area contributed by atoms with Crippen LogP contribution in [0.15, 0.2) is 24.3 Å². The number of allylic oxidation sites excluding steroid dienone is 4. The van der Waals surface area contributed by atoms with E-state index in [2.05, 4.69) is 76.7 Å². The van der Waals surface area contributed by atoms with Crippen LogP contribution in [0.1, 0.15) is 34.1 Å². The molecule has 2 rings (SSSR count). The van der Waals surface area contributed by atoms with Crippen LogP contribution in [0, 0.1) is 47.1 Å². The second-order valence-electron chi connectivity index (χ2n) is 8.00. The van der Waals surface area contributed by atoms with Gasteiger partial charge in [-0.15, -0.1) is 0 Å². The summed E-state index contributed by atoms with van der Waals surface area (Å²) in [4.78, 5) is 0. The zero-order valence-corrected chi connectivity index (χ0v) is 19.5. The number of hydrogen-bond donors (Lipinski definition) is 0. The molecule has 0 aliphatic heterocycles. The summed E-state index contributed by atoms with van der Waals surface area (Å²) < 4.78 is 2.47. The van der Waals surface area contributed by atoms with E-state index in [1.54, 1.807) is 0 Å². The second-order valence-corrected chi connectivity index (χ2v) is 12.5. The van der Waals surface area contributed by atoms with E-state index in [9.17, 15) is 0 Å². The minimum absolute atomic E-state index is 0. The van der Waals surface area contributed by atoms with E-state index in [-0.39, 0.29) is 49.5 Å². The molecule has 2 aliphatic rings. The summed E-state index contributed by atoms with van der Waals surface area (Å²) in [6.45, 7) is 14.4. The van der Waals surface area contributed by atoms with Gasteiger partial charge in [-0.2, -0.15) is 0 Å². The zero-order chi connectivity index (χ0) is 14.4. The maximum atomic E-state index is 4.45. The maximum Gasteiger partial charge on any atom is 4.00 e. The first-order valence-corrected chi connectivity index (χ1v) is 10.6. The van der Waals surface area contributed by atoms with E-state index in [0.29, 0.717) is 0 Å². The monoisotopic (exact) mass is 369 g/mol. The predicted molar refractivity (Wildman–Crippen MR) is 106 cm³/mol. The fourth-order valence-corrected chi connectivity index (χ4v) is 9.38. The summed E-state index contributed by atoms with van der Waals surface area (Å²) in [5, 5.41) is 0. The van der Waals surface area contributed by atoms with Gasteiger partial charge in [-0.05, 0) is 35.3 Å². The van der Waals surface area contributed by atoms with Crippen LogP contribution in [0.4, 0.5) is 0 Å². The molecule has 4 unspecified atom stereocenters. The van der Waals surface area contributed by atoms with E-state index < -0.39 is 8.24 Å². The first-order chi connectivity index (χ1) is 8.65. The molecule has 0 spiro atoms. The van der Waals surface area contributed by atoms with Crippen molar-refractivity contribution in [2.24, 2.45) is 17.8 Å². The molecular formula is C20H39NSiTi. The molecule has 132 valence electrons. The van der Waals surface area contributed by atoms with Gasteiger partial charge in [0.25, 0.3) is 0 Å². The molecule has 2 aliphatic carbocycles. The van der Waals surface area contributed by atoms with Gasteiger partial charge in [0.1, 0.15) is 0 Å². The molecule has 0 bridgehead atoms. The molecule has 1 fully saturated rings. The number of nitrogens with zero attached hydrogens (tertiary/aromatic N) is 1. The molecule has 0 saturated heterocycles. The van der Waals surface area contributed by atoms with Crippen molar-refractivity contribution < 1.29 is 21.7 Å². The Balaban J connectivity index is -0.000001000. The van der Waals surface area contributed by atoms with Crippen LogP contribution < -0.4 is 0 Å². The van der Waals surface area contributed by atoms with Crippen LogP contribution in [-0.4, -0.2) is 18.3 Å². The average molecular weight is 369 g/mol. The van der Waals surface area contributed by atoms with Crippen molar-refractivity contribution >= 4 is 8.24 Å². The van der Waals surface area contributed by atoms with Crippen LogP contribution >= 0.6 is 0 Å². The minimum Gasteiger partial charge on any atom is -0.476 e. The van der Waals surface area contributed by atoms with E-state index >= 15 is 0 Å². The summed E-state index contributed by atoms with van der Waals surface area (Å²) in [5.41, 5.74) is 0.984. The fraction of sp³-hybridized carbons (Fsp3) is 0.600. The molecule has 4 atom stereocenters. The minimum atomic E-state index is -1.54. The summed E-state index contributed by atoms with van der Waals surface area (Å²) in [6.07, 6.45) is 10.7. The standard InChI is InChI=1S/C17H30NSi.3CH3.Ti/c1-13-12-14-10-8-9-11-15(14)16(13)19(6,7)18(5)17(2,3)4;;;;/h8-11,13-16H,5,12H2,1-4,6-7H3;3*1H3;/q4*-1;+4. The van der Waals surface area contributed by atoms with Gasteiger partial charge in [0, 0.05) is 0 Å². The van der Waals surface area contributed by atoms with Gasteiger partial charge in [-0.3, -0.25) is 7.05 Å². The summed E-state index contributed by atoms with van der Waals surface area (Å²) >= 11 is 0. The second kappa shape index (κ2) is 9.75. The molecule has 0 aromatic heterocycles. The molecule has 3 heteroatoms. The fourth-order valence-electron chi connectivity index (χ4n) is 4.46. The molecule has 0 aromatic rings. The van der Waals surface area contributed by atoms with E-state index in [1.165, 1.54) is 6.42 Å². The first kappa shape index (κ1) is 28.2. The summed E-state index contributed by atoms with van der Waals surface area (Å²) in [6, 6.07) is 0. The Bertz CT molecular complexity index is 395. The Morgan fingerprint density at radius 3 is 2.00 bits per heavy atom. The Kier molecular flexibility index (Phi) is 11.9. The van der Waals surface area contributed by atoms with Crippen molar-refractivity contribution in [3.63, 3.8) is 0 Å². The predicted octanol–water partition coefficient (Wildman–Crippen LogP) is 6.20. The van der Waals surface area contributed by atoms with E-state index in [4.69, 9.17) is 0 Å². The quantitative estimate of drug-likeness (QED) is 0.414. The van der Waals surface area contributed by atoms with Gasteiger partial charge in [0.15, 0.2) is 0 Å². The van der Waals surface area contributed by atoms with Crippen molar-refractivity contribution in [1.82, 2.24) is 4.57 Å². The van der Waals surface area contributed by atoms with E-state index in [0.717, 1.165) is 23.3 Å². The van der Waals surface area contributed by atoms with Crippen LogP contribution in [0.5, 0.6) is 0 Å². The first-order valence-electron chi connectivity index (χ1n) is 7.61. The third kappa shape index (κ3) is 5.42. The Morgan fingerprint density at radius 1 is 1.04 bits per heavy atom. The topological polar surface area (TPSA) is 3.24 Å². The van der Waals surface area contributed by atoms with Crippen LogP contribution in [0.25, 0.3) is 0 Å². The van der Waals surface area contributed by atoms with Crippen molar-refractivity contribution in [3.05, 3.63) is 53.6 Å². The molecule has 0 radical (unpaired) electrons. The maximum absolute atomic E-state index is 4.45. The van der Waals surface area contributed by atoms with Gasteiger partial charge in [0.05, 0.1) is 8.24 Å². The zero-order valence-electron chi connectivity index (χ0n) is 17.0. The van der Waals surface area contributed by atoms with Crippen molar-refractivity contribution in [2.75, 3.05) is 0 Å². The molecule has 1 nitrogen and oxygen atoms in total. The number of rotatable bonds is 2. The third-order valence-electron chi connectivity index (χ3n) is 5.29. The van der Waals surface area contributed by atoms with Gasteiger partial charge >= 0.3 is 21.7 Å². The molecule has 23 heavy (non-hydrogen) atoms. The molecule has 0 aromatic carbocycles. The molecule has 0 amide bonds. The Morgan fingerprint density at radius 2 is 1.52 bits per heavy atom. The number of fused-ring (bicyclic) bond motifs is 1. The largest absolute Gasteiger partial charge is 4.00 e. The summed E-state index contributed by atoms with van der Waals surface area (Å²) in [7, 11) is 2.91. The number of hydrogen-bond acceptors (Lipinski definition) is 1. The van der Waals surface area contributed by atoms with Crippen molar-refractivity contribution in [1.29, 1.82) is 0 Å². The van der Waals surface area contributed by atoms with Gasteiger partial charge in [-0.1, -0.05) is 65.1 Å². The molecule has 0 N–H and O–H groups in total. The smallest absolute Gasteiger partial charge is 0.476 e. The average Bonchev–Trinajstić information content (AvgIpc) is 2.63. The van der Waals surface area contributed by atoms with Crippen molar-refractivity contribution in [3.8, 4) is 0 Å². The molecular weight excluding hydrogens is 330 g/mol. The van der Waals surface area contributed by atoms with Crippen molar-refractivity contribution in [2.45, 2.75) is 58.3 Å². The Labute approximate surface area is 164 Å². The Hall–Kier alpha value is 0.371. The SMILES string of the molecule is [CH2-]N(C(C)(C)C)[Si](C)(C)C1C(C)CC2C=CC=CC21.[CH3-].[CH3-].[CH3-].[Ti+4]. The summed E-state index contributed by atoms with van der Waals surface area (Å²) in [5.74, 6) is 2.33. The van der Waals surface area contributed by atoms with Crippen LogP contribution in [0.2, 0.25) is 18.6 Å². The molecule has 0 heterocycles. The van der Waals surface area contributed by atoms with Gasteiger partial charge in [-0.25, -0.2) is 0 Å².